The maximum Gasteiger partial charge on any atom is 0.138 e. The summed E-state index contributed by atoms with van der Waals surface area (Å²) in [6.07, 6.45) is 1.70. The van der Waals surface area contributed by atoms with E-state index in [1.54, 1.807) is 0 Å². The number of nitrogens with one attached hydrogen (secondary N) is 1. The van der Waals surface area contributed by atoms with Gasteiger partial charge in [0.15, 0.2) is 0 Å². The van der Waals surface area contributed by atoms with Gasteiger partial charge >= 0.3 is 0 Å². The lowest BCUT2D eigenvalue weighted by Crippen LogP contribution is -2.37. The maximum absolute atomic E-state index is 14.0. The molecule has 0 bridgehead atoms. The molecule has 0 spiro atoms. The van der Waals surface area contributed by atoms with Gasteiger partial charge in [-0.05, 0) is 51.3 Å². The minimum Gasteiger partial charge on any atom is -0.490 e. The molecule has 2 rings (SSSR count). The Kier molecular flexibility index (Phi) is 3.91. The molecule has 1 aromatic rings. The number of rotatable bonds is 5. The molecular weight excluding hydrogens is 229 g/mol. The van der Waals surface area contributed by atoms with Crippen LogP contribution >= 0.6 is 0 Å². The number of alkyl halides is 1. The molecule has 1 saturated carbocycles. The van der Waals surface area contributed by atoms with E-state index in [1.165, 1.54) is 0 Å². The monoisotopic (exact) mass is 251 g/mol. The Morgan fingerprint density at radius 1 is 1.28 bits per heavy atom. The van der Waals surface area contributed by atoms with Crippen LogP contribution in [0.4, 0.5) is 4.39 Å². The van der Waals surface area contributed by atoms with Gasteiger partial charge in [-0.1, -0.05) is 12.1 Å². The first-order chi connectivity index (χ1) is 8.44. The van der Waals surface area contributed by atoms with E-state index in [0.717, 1.165) is 18.6 Å². The van der Waals surface area contributed by atoms with Gasteiger partial charge in [0.25, 0.3) is 0 Å². The highest BCUT2D eigenvalue weighted by atomic mass is 19.1. The molecule has 1 atom stereocenters. The van der Waals surface area contributed by atoms with E-state index in [2.05, 4.69) is 5.32 Å². The Balaban J connectivity index is 1.87. The van der Waals surface area contributed by atoms with Gasteiger partial charge in [0, 0.05) is 12.1 Å². The summed E-state index contributed by atoms with van der Waals surface area (Å²) in [5.74, 6) is 0.845. The molecule has 0 aliphatic heterocycles. The lowest BCUT2D eigenvalue weighted by molar-refractivity contribution is 0.289. The summed E-state index contributed by atoms with van der Waals surface area (Å²) < 4.78 is 19.6. The molecule has 1 aliphatic rings. The number of ether oxygens (including phenoxy) is 1. The van der Waals surface area contributed by atoms with Crippen LogP contribution in [0.25, 0.3) is 0 Å². The number of halogens is 1. The normalized spacial score (nSPS) is 17.6. The van der Waals surface area contributed by atoms with Crippen molar-refractivity contribution < 1.29 is 9.13 Å². The molecule has 0 amide bonds. The average molecular weight is 251 g/mol. The van der Waals surface area contributed by atoms with E-state index >= 15 is 0 Å². The predicted molar refractivity (Wildman–Crippen MR) is 71.7 cm³/mol. The Labute approximate surface area is 109 Å². The SMILES string of the molecule is CC(C)(C)NCC(F)c1ccc(OC2CC2)cc1. The summed E-state index contributed by atoms with van der Waals surface area (Å²) in [4.78, 5) is 0. The average Bonchev–Trinajstić information content (AvgIpc) is 3.10. The van der Waals surface area contributed by atoms with Crippen LogP contribution < -0.4 is 10.1 Å². The molecule has 1 fully saturated rings. The molecule has 100 valence electrons. The Morgan fingerprint density at radius 2 is 1.89 bits per heavy atom. The summed E-state index contributed by atoms with van der Waals surface area (Å²) in [5.41, 5.74) is 0.647. The van der Waals surface area contributed by atoms with Crippen LogP contribution in [-0.4, -0.2) is 18.2 Å². The Bertz CT molecular complexity index is 378. The molecule has 3 heteroatoms. The van der Waals surface area contributed by atoms with Gasteiger partial charge in [-0.25, -0.2) is 4.39 Å². The molecule has 1 N–H and O–H groups in total. The van der Waals surface area contributed by atoms with Crippen molar-refractivity contribution in [2.75, 3.05) is 6.54 Å². The first-order valence-electron chi connectivity index (χ1n) is 6.60. The van der Waals surface area contributed by atoms with Crippen molar-refractivity contribution in [3.63, 3.8) is 0 Å². The van der Waals surface area contributed by atoms with Crippen LogP contribution in [0.15, 0.2) is 24.3 Å². The molecular formula is C15H22FNO. The molecule has 0 saturated heterocycles. The van der Waals surface area contributed by atoms with E-state index in [9.17, 15) is 4.39 Å². The fourth-order valence-electron chi connectivity index (χ4n) is 1.65. The molecule has 1 unspecified atom stereocenters. The Hall–Kier alpha value is -1.09. The van der Waals surface area contributed by atoms with Crippen molar-refractivity contribution in [3.8, 4) is 5.75 Å². The van der Waals surface area contributed by atoms with Crippen molar-refractivity contribution in [2.45, 2.75) is 51.4 Å². The van der Waals surface area contributed by atoms with Crippen LogP contribution in [0.5, 0.6) is 5.75 Å². The zero-order valence-electron chi connectivity index (χ0n) is 11.4. The van der Waals surface area contributed by atoms with Crippen LogP contribution in [-0.2, 0) is 0 Å². The second-order valence-corrected chi connectivity index (χ2v) is 5.98. The molecule has 18 heavy (non-hydrogen) atoms. The van der Waals surface area contributed by atoms with Gasteiger partial charge in [-0.3, -0.25) is 0 Å². The predicted octanol–water partition coefficient (Wildman–Crippen LogP) is 3.63. The largest absolute Gasteiger partial charge is 0.490 e. The first kappa shape index (κ1) is 13.3. The van der Waals surface area contributed by atoms with E-state index in [1.807, 2.05) is 45.0 Å². The van der Waals surface area contributed by atoms with Gasteiger partial charge in [-0.2, -0.15) is 0 Å². The van der Waals surface area contributed by atoms with Crippen LogP contribution in [0, 0.1) is 0 Å². The molecule has 2 nitrogen and oxygen atoms in total. The second kappa shape index (κ2) is 5.27. The number of benzene rings is 1. The molecule has 0 aromatic heterocycles. The number of hydrogen-bond acceptors (Lipinski definition) is 2. The fourth-order valence-corrected chi connectivity index (χ4v) is 1.65. The molecule has 0 radical (unpaired) electrons. The van der Waals surface area contributed by atoms with Gasteiger partial charge in [0.2, 0.25) is 0 Å². The topological polar surface area (TPSA) is 21.3 Å². The zero-order chi connectivity index (χ0) is 13.2. The quantitative estimate of drug-likeness (QED) is 0.863. The van der Waals surface area contributed by atoms with Crippen molar-refractivity contribution >= 4 is 0 Å². The minimum atomic E-state index is -0.973. The number of hydrogen-bond donors (Lipinski definition) is 1. The zero-order valence-corrected chi connectivity index (χ0v) is 11.4. The summed E-state index contributed by atoms with van der Waals surface area (Å²) in [5, 5.41) is 3.17. The van der Waals surface area contributed by atoms with E-state index in [-0.39, 0.29) is 5.54 Å². The summed E-state index contributed by atoms with van der Waals surface area (Å²) in [6.45, 7) is 6.44. The first-order valence-corrected chi connectivity index (χ1v) is 6.60. The van der Waals surface area contributed by atoms with Gasteiger partial charge < -0.3 is 10.1 Å². The third-order valence-corrected chi connectivity index (χ3v) is 2.88. The van der Waals surface area contributed by atoms with Crippen molar-refractivity contribution in [1.82, 2.24) is 5.32 Å². The van der Waals surface area contributed by atoms with Crippen molar-refractivity contribution in [3.05, 3.63) is 29.8 Å². The van der Waals surface area contributed by atoms with Gasteiger partial charge in [-0.15, -0.1) is 0 Å². The standard InChI is InChI=1S/C15H22FNO/c1-15(2,3)17-10-14(16)11-4-6-12(7-5-11)18-13-8-9-13/h4-7,13-14,17H,8-10H2,1-3H3. The lowest BCUT2D eigenvalue weighted by atomic mass is 10.1. The highest BCUT2D eigenvalue weighted by Gasteiger charge is 2.23. The summed E-state index contributed by atoms with van der Waals surface area (Å²) >= 11 is 0. The van der Waals surface area contributed by atoms with Crippen molar-refractivity contribution in [1.29, 1.82) is 0 Å². The fraction of sp³-hybridized carbons (Fsp3) is 0.600. The minimum absolute atomic E-state index is 0.0562. The van der Waals surface area contributed by atoms with E-state index in [4.69, 9.17) is 4.74 Å². The molecule has 1 aliphatic carbocycles. The van der Waals surface area contributed by atoms with Gasteiger partial charge in [0.1, 0.15) is 11.9 Å². The maximum atomic E-state index is 14.0. The third kappa shape index (κ3) is 4.30. The molecule has 0 heterocycles. The summed E-state index contributed by atoms with van der Waals surface area (Å²) in [6, 6.07) is 7.34. The lowest BCUT2D eigenvalue weighted by Gasteiger charge is -2.22. The smallest absolute Gasteiger partial charge is 0.138 e. The summed E-state index contributed by atoms with van der Waals surface area (Å²) in [7, 11) is 0. The third-order valence-electron chi connectivity index (χ3n) is 2.88. The second-order valence-electron chi connectivity index (χ2n) is 5.98. The van der Waals surface area contributed by atoms with Crippen molar-refractivity contribution in [2.24, 2.45) is 0 Å². The van der Waals surface area contributed by atoms with E-state index in [0.29, 0.717) is 18.2 Å². The van der Waals surface area contributed by atoms with Gasteiger partial charge in [0.05, 0.1) is 6.10 Å². The van der Waals surface area contributed by atoms with Crippen LogP contribution in [0.1, 0.15) is 45.3 Å². The van der Waals surface area contributed by atoms with E-state index < -0.39 is 6.17 Å². The Morgan fingerprint density at radius 3 is 2.39 bits per heavy atom. The highest BCUT2D eigenvalue weighted by molar-refractivity contribution is 5.29. The van der Waals surface area contributed by atoms with Crippen LogP contribution in [0.2, 0.25) is 0 Å². The highest BCUT2D eigenvalue weighted by Crippen LogP contribution is 2.28. The van der Waals surface area contributed by atoms with Crippen LogP contribution in [0.3, 0.4) is 0 Å². The molecule has 1 aromatic carbocycles.